The quantitative estimate of drug-likeness (QED) is 0.564. The van der Waals surface area contributed by atoms with E-state index in [9.17, 15) is 4.79 Å². The van der Waals surface area contributed by atoms with E-state index in [2.05, 4.69) is 48.8 Å². The fraction of sp³-hybridized carbons (Fsp3) is 0.250. The monoisotopic (exact) mass is 419 g/mol. The first-order valence-electron chi connectivity index (χ1n) is 5.51. The fourth-order valence-electron chi connectivity index (χ4n) is 1.62. The van der Waals surface area contributed by atoms with Gasteiger partial charge in [0.15, 0.2) is 0 Å². The molecule has 1 aromatic heterocycles. The normalized spacial score (nSPS) is 10.6. The summed E-state index contributed by atoms with van der Waals surface area (Å²) < 4.78 is 3.46. The standard InChI is InChI=1S/C12H11BrIN3O/c1-2-5-17-11(7-15-16-17)12(18)9-6-8(14)3-4-10(9)13/h3-4,6-7H,2,5H2,1H3. The number of hydrogen-bond acceptors (Lipinski definition) is 3. The van der Waals surface area contributed by atoms with Gasteiger partial charge in [0.05, 0.1) is 6.20 Å². The maximum Gasteiger partial charge on any atom is 0.213 e. The van der Waals surface area contributed by atoms with Crippen molar-refractivity contribution >= 4 is 44.3 Å². The lowest BCUT2D eigenvalue weighted by Gasteiger charge is -2.06. The number of aryl methyl sites for hydroxylation is 1. The van der Waals surface area contributed by atoms with E-state index >= 15 is 0 Å². The molecule has 6 heteroatoms. The van der Waals surface area contributed by atoms with Crippen molar-refractivity contribution in [3.8, 4) is 0 Å². The first-order valence-corrected chi connectivity index (χ1v) is 7.39. The van der Waals surface area contributed by atoms with Gasteiger partial charge < -0.3 is 0 Å². The second-order valence-corrected chi connectivity index (χ2v) is 5.90. The Balaban J connectivity index is 2.41. The number of ketones is 1. The Morgan fingerprint density at radius 3 is 3.00 bits per heavy atom. The van der Waals surface area contributed by atoms with Crippen molar-refractivity contribution in [2.75, 3.05) is 0 Å². The van der Waals surface area contributed by atoms with Crippen LogP contribution in [0.2, 0.25) is 0 Å². The van der Waals surface area contributed by atoms with E-state index in [1.807, 2.05) is 25.1 Å². The SMILES string of the molecule is CCCn1nncc1C(=O)c1cc(I)ccc1Br. The zero-order chi connectivity index (χ0) is 13.1. The molecule has 4 nitrogen and oxygen atoms in total. The summed E-state index contributed by atoms with van der Waals surface area (Å²) in [7, 11) is 0. The minimum absolute atomic E-state index is 0.0566. The molecule has 0 aliphatic carbocycles. The molecule has 0 amide bonds. The van der Waals surface area contributed by atoms with E-state index in [1.165, 1.54) is 6.20 Å². The first kappa shape index (κ1) is 13.7. The van der Waals surface area contributed by atoms with Gasteiger partial charge in [0.2, 0.25) is 5.78 Å². The minimum atomic E-state index is -0.0566. The first-order chi connectivity index (χ1) is 8.63. The molecule has 0 atom stereocenters. The Labute approximate surface area is 127 Å². The van der Waals surface area contributed by atoms with Gasteiger partial charge in [-0.1, -0.05) is 28.1 Å². The zero-order valence-electron chi connectivity index (χ0n) is 9.73. The molecule has 0 unspecified atom stereocenters. The second-order valence-electron chi connectivity index (χ2n) is 3.80. The van der Waals surface area contributed by atoms with E-state index in [0.29, 0.717) is 17.8 Å². The highest BCUT2D eigenvalue weighted by atomic mass is 127. The van der Waals surface area contributed by atoms with Crippen LogP contribution < -0.4 is 0 Å². The van der Waals surface area contributed by atoms with Crippen LogP contribution in [0.4, 0.5) is 0 Å². The molecule has 0 aliphatic heterocycles. The summed E-state index contributed by atoms with van der Waals surface area (Å²) in [6.07, 6.45) is 2.43. The van der Waals surface area contributed by atoms with Crippen LogP contribution in [0.1, 0.15) is 29.4 Å². The molecule has 2 rings (SSSR count). The highest BCUT2D eigenvalue weighted by molar-refractivity contribution is 14.1. The van der Waals surface area contributed by atoms with Crippen LogP contribution in [0.5, 0.6) is 0 Å². The van der Waals surface area contributed by atoms with Gasteiger partial charge in [-0.2, -0.15) is 0 Å². The molecule has 1 heterocycles. The average molecular weight is 420 g/mol. The number of carbonyl (C=O) groups excluding carboxylic acids is 1. The van der Waals surface area contributed by atoms with Gasteiger partial charge in [-0.3, -0.25) is 4.79 Å². The molecule has 0 saturated heterocycles. The number of halogens is 2. The molecule has 94 valence electrons. The van der Waals surface area contributed by atoms with Crippen molar-refractivity contribution in [2.45, 2.75) is 19.9 Å². The predicted octanol–water partition coefficient (Wildman–Crippen LogP) is 3.29. The van der Waals surface area contributed by atoms with Crippen molar-refractivity contribution in [2.24, 2.45) is 0 Å². The molecule has 0 bridgehead atoms. The van der Waals surface area contributed by atoms with Crippen LogP contribution in [0.25, 0.3) is 0 Å². The fourth-order valence-corrected chi connectivity index (χ4v) is 2.54. The number of rotatable bonds is 4. The van der Waals surface area contributed by atoms with Crippen LogP contribution in [0.3, 0.4) is 0 Å². The van der Waals surface area contributed by atoms with Crippen molar-refractivity contribution in [3.63, 3.8) is 0 Å². The molecule has 1 aromatic carbocycles. The van der Waals surface area contributed by atoms with Gasteiger partial charge in [-0.15, -0.1) is 5.10 Å². The third-order valence-electron chi connectivity index (χ3n) is 2.46. The van der Waals surface area contributed by atoms with Gasteiger partial charge in [-0.25, -0.2) is 4.68 Å². The van der Waals surface area contributed by atoms with Gasteiger partial charge in [0.25, 0.3) is 0 Å². The average Bonchev–Trinajstić information content (AvgIpc) is 2.80. The molecule has 2 aromatic rings. The lowest BCUT2D eigenvalue weighted by Crippen LogP contribution is -2.12. The summed E-state index contributed by atoms with van der Waals surface area (Å²) in [6, 6.07) is 5.68. The number of benzene rings is 1. The van der Waals surface area contributed by atoms with Crippen LogP contribution in [0, 0.1) is 3.57 Å². The maximum absolute atomic E-state index is 12.4. The minimum Gasteiger partial charge on any atom is -0.287 e. The molecule has 0 N–H and O–H groups in total. The van der Waals surface area contributed by atoms with Gasteiger partial charge in [0, 0.05) is 20.2 Å². The molecule has 0 spiro atoms. The van der Waals surface area contributed by atoms with Gasteiger partial charge >= 0.3 is 0 Å². The van der Waals surface area contributed by atoms with Crippen LogP contribution in [0.15, 0.2) is 28.9 Å². The van der Waals surface area contributed by atoms with Crippen LogP contribution >= 0.6 is 38.5 Å². The summed E-state index contributed by atoms with van der Waals surface area (Å²) >= 11 is 5.59. The van der Waals surface area contributed by atoms with Gasteiger partial charge in [0.1, 0.15) is 5.69 Å². The maximum atomic E-state index is 12.4. The van der Waals surface area contributed by atoms with Crippen molar-refractivity contribution in [1.82, 2.24) is 15.0 Å². The van der Waals surface area contributed by atoms with Crippen LogP contribution in [-0.2, 0) is 6.54 Å². The summed E-state index contributed by atoms with van der Waals surface area (Å²) in [6.45, 7) is 2.74. The number of hydrogen-bond donors (Lipinski definition) is 0. The highest BCUT2D eigenvalue weighted by Crippen LogP contribution is 2.22. The van der Waals surface area contributed by atoms with Crippen LogP contribution in [-0.4, -0.2) is 20.8 Å². The number of nitrogens with zero attached hydrogens (tertiary/aromatic N) is 3. The Morgan fingerprint density at radius 1 is 1.50 bits per heavy atom. The topological polar surface area (TPSA) is 47.8 Å². The predicted molar refractivity (Wildman–Crippen MR) is 80.6 cm³/mol. The molecular formula is C12H11BrIN3O. The lowest BCUT2D eigenvalue weighted by atomic mass is 10.1. The van der Waals surface area contributed by atoms with Crippen molar-refractivity contribution < 1.29 is 4.79 Å². The van der Waals surface area contributed by atoms with E-state index < -0.39 is 0 Å². The third kappa shape index (κ3) is 2.80. The molecule has 0 saturated carbocycles. The van der Waals surface area contributed by atoms with E-state index in [4.69, 9.17) is 0 Å². The molecule has 18 heavy (non-hydrogen) atoms. The summed E-state index contributed by atoms with van der Waals surface area (Å²) in [5.41, 5.74) is 1.17. The Kier molecular flexibility index (Phi) is 4.50. The Morgan fingerprint density at radius 2 is 2.28 bits per heavy atom. The number of aromatic nitrogens is 3. The molecular weight excluding hydrogens is 409 g/mol. The molecule has 0 radical (unpaired) electrons. The summed E-state index contributed by atoms with van der Waals surface area (Å²) in [5.74, 6) is -0.0566. The summed E-state index contributed by atoms with van der Waals surface area (Å²) in [5, 5.41) is 7.75. The molecule has 0 fully saturated rings. The van der Waals surface area contributed by atoms with E-state index in [-0.39, 0.29) is 5.78 Å². The largest absolute Gasteiger partial charge is 0.287 e. The number of carbonyl (C=O) groups is 1. The summed E-state index contributed by atoms with van der Waals surface area (Å²) in [4.78, 5) is 12.4. The Hall–Kier alpha value is -0.760. The highest BCUT2D eigenvalue weighted by Gasteiger charge is 2.17. The molecule has 0 aliphatic rings. The zero-order valence-corrected chi connectivity index (χ0v) is 13.5. The van der Waals surface area contributed by atoms with E-state index in [0.717, 1.165) is 14.5 Å². The van der Waals surface area contributed by atoms with Crippen molar-refractivity contribution in [1.29, 1.82) is 0 Å². The van der Waals surface area contributed by atoms with Crippen molar-refractivity contribution in [3.05, 3.63) is 43.7 Å². The third-order valence-corrected chi connectivity index (χ3v) is 3.82. The second kappa shape index (κ2) is 5.92. The smallest absolute Gasteiger partial charge is 0.213 e. The Bertz CT molecular complexity index is 582. The lowest BCUT2D eigenvalue weighted by molar-refractivity contribution is 0.102. The van der Waals surface area contributed by atoms with Gasteiger partial charge in [-0.05, 0) is 47.2 Å². The van der Waals surface area contributed by atoms with E-state index in [1.54, 1.807) is 4.68 Å².